The lowest BCUT2D eigenvalue weighted by atomic mass is 9.97. The topological polar surface area (TPSA) is 38.7 Å². The lowest BCUT2D eigenvalue weighted by Crippen LogP contribution is -2.22. The van der Waals surface area contributed by atoms with Gasteiger partial charge in [-0.15, -0.1) is 0 Å². The molecule has 0 radical (unpaired) electrons. The van der Waals surface area contributed by atoms with Crippen LogP contribution in [0.1, 0.15) is 85.5 Å². The van der Waals surface area contributed by atoms with Gasteiger partial charge >= 0.3 is 5.97 Å². The Morgan fingerprint density at radius 3 is 2.60 bits per heavy atom. The van der Waals surface area contributed by atoms with Gasteiger partial charge in [-0.05, 0) is 46.5 Å². The SMILES string of the molecule is CCCCCCC[C@H]1CCC/C1=N\OC(=O)C(C)(C)C. The average Bonchev–Trinajstić information content (AvgIpc) is 2.82. The molecule has 1 saturated carbocycles. The first-order chi connectivity index (χ1) is 9.45. The third-order valence-corrected chi connectivity index (χ3v) is 3.97. The number of oxime groups is 1. The van der Waals surface area contributed by atoms with Crippen molar-refractivity contribution in [3.8, 4) is 0 Å². The fraction of sp³-hybridized carbons (Fsp3) is 0.882. The van der Waals surface area contributed by atoms with Gasteiger partial charge in [-0.1, -0.05) is 44.2 Å². The smallest absolute Gasteiger partial charge is 0.318 e. The van der Waals surface area contributed by atoms with Crippen molar-refractivity contribution in [1.29, 1.82) is 0 Å². The number of unbranched alkanes of at least 4 members (excludes halogenated alkanes) is 4. The molecule has 0 unspecified atom stereocenters. The quantitative estimate of drug-likeness (QED) is 0.370. The summed E-state index contributed by atoms with van der Waals surface area (Å²) < 4.78 is 0. The summed E-state index contributed by atoms with van der Waals surface area (Å²) >= 11 is 0. The summed E-state index contributed by atoms with van der Waals surface area (Å²) in [6, 6.07) is 0. The van der Waals surface area contributed by atoms with Gasteiger partial charge in [-0.2, -0.15) is 0 Å². The largest absolute Gasteiger partial charge is 0.340 e. The van der Waals surface area contributed by atoms with Gasteiger partial charge in [0, 0.05) is 5.92 Å². The van der Waals surface area contributed by atoms with Crippen molar-refractivity contribution in [2.24, 2.45) is 16.5 Å². The van der Waals surface area contributed by atoms with Gasteiger partial charge in [0.1, 0.15) is 0 Å². The Kier molecular flexibility index (Phi) is 7.25. The molecule has 0 aromatic rings. The Morgan fingerprint density at radius 2 is 1.95 bits per heavy atom. The van der Waals surface area contributed by atoms with Gasteiger partial charge in [0.05, 0.1) is 11.1 Å². The first kappa shape index (κ1) is 17.2. The van der Waals surface area contributed by atoms with E-state index in [2.05, 4.69) is 12.1 Å². The van der Waals surface area contributed by atoms with Crippen LogP contribution in [-0.4, -0.2) is 11.7 Å². The first-order valence-electron chi connectivity index (χ1n) is 8.23. The Hall–Kier alpha value is -0.860. The Labute approximate surface area is 124 Å². The summed E-state index contributed by atoms with van der Waals surface area (Å²) in [5.41, 5.74) is 0.635. The molecule has 1 aliphatic carbocycles. The molecule has 0 aromatic heterocycles. The molecule has 0 heterocycles. The van der Waals surface area contributed by atoms with Crippen LogP contribution < -0.4 is 0 Å². The van der Waals surface area contributed by atoms with Crippen molar-refractivity contribution in [2.45, 2.75) is 85.5 Å². The molecule has 1 rings (SSSR count). The fourth-order valence-corrected chi connectivity index (χ4v) is 2.56. The number of carbonyl (C=O) groups is 1. The summed E-state index contributed by atoms with van der Waals surface area (Å²) in [5, 5.41) is 4.15. The summed E-state index contributed by atoms with van der Waals surface area (Å²) in [6.07, 6.45) is 11.2. The van der Waals surface area contributed by atoms with E-state index in [1.54, 1.807) is 0 Å². The first-order valence-corrected chi connectivity index (χ1v) is 8.23. The zero-order valence-electron chi connectivity index (χ0n) is 13.7. The van der Waals surface area contributed by atoms with Crippen LogP contribution in [0.5, 0.6) is 0 Å². The molecule has 3 nitrogen and oxygen atoms in total. The number of nitrogens with zero attached hydrogens (tertiary/aromatic N) is 1. The van der Waals surface area contributed by atoms with Gasteiger partial charge < -0.3 is 4.84 Å². The Bertz CT molecular complexity index is 328. The second kappa shape index (κ2) is 8.43. The van der Waals surface area contributed by atoms with Gasteiger partial charge in [0.15, 0.2) is 0 Å². The maximum Gasteiger partial charge on any atom is 0.340 e. The molecule has 20 heavy (non-hydrogen) atoms. The van der Waals surface area contributed by atoms with Crippen LogP contribution in [0.15, 0.2) is 5.16 Å². The van der Waals surface area contributed by atoms with E-state index in [0.717, 1.165) is 12.1 Å². The minimum absolute atomic E-state index is 0.237. The van der Waals surface area contributed by atoms with Crippen LogP contribution in [0.4, 0.5) is 0 Å². The zero-order chi connectivity index (χ0) is 15.0. The third kappa shape index (κ3) is 6.06. The van der Waals surface area contributed by atoms with Crippen LogP contribution in [0.25, 0.3) is 0 Å². The van der Waals surface area contributed by atoms with E-state index in [9.17, 15) is 4.79 Å². The molecule has 1 atom stereocenters. The minimum atomic E-state index is -0.474. The lowest BCUT2D eigenvalue weighted by molar-refractivity contribution is -0.153. The van der Waals surface area contributed by atoms with Crippen molar-refractivity contribution >= 4 is 11.7 Å². The van der Waals surface area contributed by atoms with Gasteiger partial charge in [0.2, 0.25) is 0 Å². The van der Waals surface area contributed by atoms with E-state index in [-0.39, 0.29) is 5.97 Å². The van der Waals surface area contributed by atoms with Crippen molar-refractivity contribution < 1.29 is 9.63 Å². The Morgan fingerprint density at radius 1 is 1.25 bits per heavy atom. The average molecular weight is 281 g/mol. The van der Waals surface area contributed by atoms with E-state index >= 15 is 0 Å². The number of carbonyl (C=O) groups excluding carboxylic acids is 1. The maximum absolute atomic E-state index is 11.7. The van der Waals surface area contributed by atoms with E-state index in [4.69, 9.17) is 4.84 Å². The molecule has 0 spiro atoms. The van der Waals surface area contributed by atoms with Crippen LogP contribution in [0.3, 0.4) is 0 Å². The van der Waals surface area contributed by atoms with Gasteiger partial charge in [-0.3, -0.25) is 0 Å². The summed E-state index contributed by atoms with van der Waals surface area (Å²) in [4.78, 5) is 16.8. The van der Waals surface area contributed by atoms with E-state index in [1.165, 1.54) is 51.4 Å². The molecule has 1 fully saturated rings. The predicted molar refractivity (Wildman–Crippen MR) is 83.7 cm³/mol. The molecule has 0 saturated heterocycles. The standard InChI is InChI=1S/C17H31NO2/c1-5-6-7-8-9-11-14-12-10-13-15(14)18-20-16(19)17(2,3)4/h14H,5-13H2,1-4H3/b18-15+/t14-/m0/s1. The van der Waals surface area contributed by atoms with Gasteiger partial charge in [0.25, 0.3) is 0 Å². The van der Waals surface area contributed by atoms with Crippen LogP contribution in [0.2, 0.25) is 0 Å². The highest BCUT2D eigenvalue weighted by atomic mass is 16.7. The van der Waals surface area contributed by atoms with Gasteiger partial charge in [-0.25, -0.2) is 4.79 Å². The molecular weight excluding hydrogens is 250 g/mol. The summed E-state index contributed by atoms with van der Waals surface area (Å²) in [5.74, 6) is 0.308. The van der Waals surface area contributed by atoms with E-state index in [0.29, 0.717) is 5.92 Å². The molecule has 116 valence electrons. The molecule has 0 aromatic carbocycles. The van der Waals surface area contributed by atoms with E-state index in [1.807, 2.05) is 20.8 Å². The monoisotopic (exact) mass is 281 g/mol. The second-order valence-corrected chi connectivity index (χ2v) is 7.00. The second-order valence-electron chi connectivity index (χ2n) is 7.00. The van der Waals surface area contributed by atoms with Crippen LogP contribution in [-0.2, 0) is 9.63 Å². The molecular formula is C17H31NO2. The number of hydrogen-bond donors (Lipinski definition) is 0. The van der Waals surface area contributed by atoms with Crippen molar-refractivity contribution in [2.75, 3.05) is 0 Å². The third-order valence-electron chi connectivity index (χ3n) is 3.97. The van der Waals surface area contributed by atoms with Crippen molar-refractivity contribution in [3.63, 3.8) is 0 Å². The van der Waals surface area contributed by atoms with Crippen LogP contribution >= 0.6 is 0 Å². The highest BCUT2D eigenvalue weighted by Crippen LogP contribution is 2.28. The summed E-state index contributed by atoms with van der Waals surface area (Å²) in [6.45, 7) is 7.81. The van der Waals surface area contributed by atoms with Crippen molar-refractivity contribution in [1.82, 2.24) is 0 Å². The highest BCUT2D eigenvalue weighted by Gasteiger charge is 2.26. The molecule has 0 N–H and O–H groups in total. The minimum Gasteiger partial charge on any atom is -0.318 e. The van der Waals surface area contributed by atoms with Crippen LogP contribution in [0, 0.1) is 11.3 Å². The normalized spacial score (nSPS) is 21.4. The number of hydrogen-bond acceptors (Lipinski definition) is 3. The van der Waals surface area contributed by atoms with E-state index < -0.39 is 5.41 Å². The summed E-state index contributed by atoms with van der Waals surface area (Å²) in [7, 11) is 0. The fourth-order valence-electron chi connectivity index (χ4n) is 2.56. The molecule has 1 aliphatic rings. The van der Waals surface area contributed by atoms with Crippen molar-refractivity contribution in [3.05, 3.63) is 0 Å². The molecule has 0 amide bonds. The highest BCUT2D eigenvalue weighted by molar-refractivity contribution is 5.88. The molecule has 3 heteroatoms. The molecule has 0 bridgehead atoms. The Balaban J connectivity index is 2.35. The maximum atomic E-state index is 11.7. The molecule has 0 aliphatic heterocycles. The lowest BCUT2D eigenvalue weighted by Gasteiger charge is -2.14. The number of rotatable bonds is 7. The predicted octanol–water partition coefficient (Wildman–Crippen LogP) is 5.09. The zero-order valence-corrected chi connectivity index (χ0v) is 13.7.